The molecule has 0 saturated carbocycles. The summed E-state index contributed by atoms with van der Waals surface area (Å²) in [5.41, 5.74) is 0. The van der Waals surface area contributed by atoms with Crippen LogP contribution in [0.3, 0.4) is 0 Å². The molecule has 0 aliphatic heterocycles. The molecule has 0 amide bonds. The van der Waals surface area contributed by atoms with Crippen molar-refractivity contribution in [3.63, 3.8) is 0 Å². The molecule has 0 aliphatic carbocycles. The van der Waals surface area contributed by atoms with Crippen molar-refractivity contribution in [1.82, 2.24) is 0 Å². The van der Waals surface area contributed by atoms with Crippen molar-refractivity contribution in [2.45, 2.75) is 42.2 Å². The summed E-state index contributed by atoms with van der Waals surface area (Å²) in [6.07, 6.45) is -4.38. The first kappa shape index (κ1) is 14.0. The van der Waals surface area contributed by atoms with Crippen molar-refractivity contribution in [3.05, 3.63) is 0 Å². The normalized spacial score (nSPS) is 15.5. The molecule has 0 aromatic rings. The van der Waals surface area contributed by atoms with Crippen molar-refractivity contribution in [1.29, 1.82) is 0 Å². The predicted octanol–water partition coefficient (Wildman–Crippen LogP) is 3.04. The van der Waals surface area contributed by atoms with Crippen LogP contribution < -0.4 is 0 Å². The SMILES string of the molecule is O=C(O)CCCC(I)CC(F)C(F)F. The summed E-state index contributed by atoms with van der Waals surface area (Å²) in [6.45, 7) is 0. The van der Waals surface area contributed by atoms with E-state index in [-0.39, 0.29) is 16.8 Å². The third-order valence-electron chi connectivity index (χ3n) is 1.66. The maximum Gasteiger partial charge on any atom is 0.303 e. The molecule has 0 heterocycles. The van der Waals surface area contributed by atoms with Crippen LogP contribution in [0.5, 0.6) is 0 Å². The van der Waals surface area contributed by atoms with Crippen molar-refractivity contribution in [2.24, 2.45) is 0 Å². The van der Waals surface area contributed by atoms with Gasteiger partial charge in [0.2, 0.25) is 0 Å². The minimum absolute atomic E-state index is 0.00509. The van der Waals surface area contributed by atoms with Crippen LogP contribution in [0.1, 0.15) is 25.7 Å². The molecule has 0 bridgehead atoms. The molecule has 0 saturated heterocycles. The highest BCUT2D eigenvalue weighted by Gasteiger charge is 2.22. The van der Waals surface area contributed by atoms with Crippen LogP contribution in [0.15, 0.2) is 0 Å². The number of halogens is 4. The van der Waals surface area contributed by atoms with Crippen molar-refractivity contribution in [3.8, 4) is 0 Å². The first-order chi connectivity index (χ1) is 6.43. The summed E-state index contributed by atoms with van der Waals surface area (Å²) in [5, 5.41) is 8.30. The average Bonchev–Trinajstić information content (AvgIpc) is 2.02. The fourth-order valence-corrected chi connectivity index (χ4v) is 1.87. The molecule has 0 aliphatic rings. The largest absolute Gasteiger partial charge is 0.481 e. The molecule has 0 aromatic carbocycles. The maximum atomic E-state index is 12.5. The van der Waals surface area contributed by atoms with Gasteiger partial charge in [0.1, 0.15) is 0 Å². The number of hydrogen-bond acceptors (Lipinski definition) is 1. The van der Waals surface area contributed by atoms with E-state index < -0.39 is 18.6 Å². The van der Waals surface area contributed by atoms with Crippen molar-refractivity contribution in [2.75, 3.05) is 0 Å². The fourth-order valence-electron chi connectivity index (χ4n) is 0.940. The molecule has 2 nitrogen and oxygen atoms in total. The van der Waals surface area contributed by atoms with Crippen LogP contribution in [-0.4, -0.2) is 27.6 Å². The van der Waals surface area contributed by atoms with Gasteiger partial charge in [0.05, 0.1) is 0 Å². The second kappa shape index (κ2) is 7.30. The van der Waals surface area contributed by atoms with E-state index in [1.807, 2.05) is 22.6 Å². The maximum absolute atomic E-state index is 12.5. The number of aliphatic carboxylic acids is 1. The summed E-state index contributed by atoms with van der Waals surface area (Å²) in [7, 11) is 0. The summed E-state index contributed by atoms with van der Waals surface area (Å²) in [6, 6.07) is 0. The van der Waals surface area contributed by atoms with Gasteiger partial charge in [0.15, 0.2) is 6.17 Å². The molecule has 0 aromatic heterocycles. The van der Waals surface area contributed by atoms with Crippen LogP contribution in [-0.2, 0) is 4.79 Å². The monoisotopic (exact) mass is 324 g/mol. The zero-order valence-corrected chi connectivity index (χ0v) is 9.59. The highest BCUT2D eigenvalue weighted by molar-refractivity contribution is 14.1. The molecular weight excluding hydrogens is 312 g/mol. The third-order valence-corrected chi connectivity index (χ3v) is 2.79. The summed E-state index contributed by atoms with van der Waals surface area (Å²) in [4.78, 5) is 10.1. The second-order valence-electron chi connectivity index (χ2n) is 2.97. The lowest BCUT2D eigenvalue weighted by Gasteiger charge is -2.11. The average molecular weight is 324 g/mol. The van der Waals surface area contributed by atoms with E-state index in [1.54, 1.807) is 0 Å². The Hall–Kier alpha value is -0.0100. The molecule has 2 atom stereocenters. The number of hydrogen-bond donors (Lipinski definition) is 1. The Bertz CT molecular complexity index is 178. The van der Waals surface area contributed by atoms with E-state index in [4.69, 9.17) is 5.11 Å². The van der Waals surface area contributed by atoms with E-state index >= 15 is 0 Å². The van der Waals surface area contributed by atoms with Gasteiger partial charge >= 0.3 is 5.97 Å². The van der Waals surface area contributed by atoms with Gasteiger partial charge in [0.25, 0.3) is 6.43 Å². The van der Waals surface area contributed by atoms with E-state index in [1.165, 1.54) is 0 Å². The fraction of sp³-hybridized carbons (Fsp3) is 0.875. The Morgan fingerprint density at radius 1 is 1.36 bits per heavy atom. The van der Waals surface area contributed by atoms with Crippen LogP contribution in [0.4, 0.5) is 13.2 Å². The lowest BCUT2D eigenvalue weighted by molar-refractivity contribution is -0.137. The molecule has 0 fully saturated rings. The predicted molar refractivity (Wildman–Crippen MR) is 54.8 cm³/mol. The highest BCUT2D eigenvalue weighted by atomic mass is 127. The van der Waals surface area contributed by atoms with Gasteiger partial charge in [-0.15, -0.1) is 0 Å². The summed E-state index contributed by atoms with van der Waals surface area (Å²) < 4.78 is 35.8. The number of carboxylic acid groups (broad SMARTS) is 1. The Balaban J connectivity index is 3.54. The number of alkyl halides is 4. The minimum atomic E-state index is -2.94. The van der Waals surface area contributed by atoms with Crippen molar-refractivity contribution >= 4 is 28.6 Å². The molecule has 0 radical (unpaired) electrons. The van der Waals surface area contributed by atoms with E-state index in [9.17, 15) is 18.0 Å². The lowest BCUT2D eigenvalue weighted by Crippen LogP contribution is -2.17. The molecule has 14 heavy (non-hydrogen) atoms. The van der Waals surface area contributed by atoms with Crippen LogP contribution in [0.2, 0.25) is 0 Å². The standard InChI is InChI=1S/C8H12F3IO2/c9-6(8(10)11)4-5(12)2-1-3-7(13)14/h5-6,8H,1-4H2,(H,13,14). The van der Waals surface area contributed by atoms with E-state index in [0.29, 0.717) is 12.8 Å². The van der Waals surface area contributed by atoms with Gasteiger partial charge in [-0.1, -0.05) is 22.6 Å². The topological polar surface area (TPSA) is 37.3 Å². The zero-order chi connectivity index (χ0) is 11.1. The van der Waals surface area contributed by atoms with Gasteiger partial charge in [0, 0.05) is 10.3 Å². The third kappa shape index (κ3) is 7.40. The van der Waals surface area contributed by atoms with Gasteiger partial charge in [-0.05, 0) is 19.3 Å². The van der Waals surface area contributed by atoms with Crippen LogP contribution >= 0.6 is 22.6 Å². The van der Waals surface area contributed by atoms with Crippen LogP contribution in [0, 0.1) is 0 Å². The van der Waals surface area contributed by atoms with Gasteiger partial charge in [-0.3, -0.25) is 4.79 Å². The Kier molecular flexibility index (Phi) is 7.30. The summed E-state index contributed by atoms with van der Waals surface area (Å²) in [5.74, 6) is -0.917. The second-order valence-corrected chi connectivity index (χ2v) is 4.73. The quantitative estimate of drug-likeness (QED) is 0.577. The first-order valence-electron chi connectivity index (χ1n) is 4.21. The van der Waals surface area contributed by atoms with Gasteiger partial charge < -0.3 is 5.11 Å². The molecule has 2 unspecified atom stereocenters. The number of carboxylic acids is 1. The van der Waals surface area contributed by atoms with Crippen LogP contribution in [0.25, 0.3) is 0 Å². The Morgan fingerprint density at radius 3 is 2.36 bits per heavy atom. The molecule has 0 spiro atoms. The molecule has 0 rings (SSSR count). The number of rotatable bonds is 7. The first-order valence-corrected chi connectivity index (χ1v) is 5.46. The molecule has 84 valence electrons. The Morgan fingerprint density at radius 2 is 1.93 bits per heavy atom. The van der Waals surface area contributed by atoms with E-state index in [0.717, 1.165) is 0 Å². The van der Waals surface area contributed by atoms with Gasteiger partial charge in [-0.25, -0.2) is 13.2 Å². The minimum Gasteiger partial charge on any atom is -0.481 e. The highest BCUT2D eigenvalue weighted by Crippen LogP contribution is 2.21. The van der Waals surface area contributed by atoms with Gasteiger partial charge in [-0.2, -0.15) is 0 Å². The molecule has 6 heteroatoms. The van der Waals surface area contributed by atoms with Crippen molar-refractivity contribution < 1.29 is 23.1 Å². The zero-order valence-electron chi connectivity index (χ0n) is 7.43. The molecule has 1 N–H and O–H groups in total. The number of carbonyl (C=O) groups is 1. The summed E-state index contributed by atoms with van der Waals surface area (Å²) >= 11 is 1.87. The molecular formula is C8H12F3IO2. The van der Waals surface area contributed by atoms with E-state index in [2.05, 4.69) is 0 Å². The Labute approximate surface area is 94.0 Å². The smallest absolute Gasteiger partial charge is 0.303 e. The lowest BCUT2D eigenvalue weighted by atomic mass is 10.1.